The first-order valence-electron chi connectivity index (χ1n) is 8.84. The first kappa shape index (κ1) is 16.8. The number of piperazine rings is 1. The Bertz CT molecular complexity index is 903. The lowest BCUT2D eigenvalue weighted by Gasteiger charge is -2.35. The second-order valence-corrected chi connectivity index (χ2v) is 7.23. The number of aromatic nitrogens is 2. The summed E-state index contributed by atoms with van der Waals surface area (Å²) < 4.78 is 0. The third kappa shape index (κ3) is 3.22. The Morgan fingerprint density at radius 3 is 2.65 bits per heavy atom. The standard InChI is InChI=1S/C19H21N5OS/c1-2-20-19(25)24-10-8-23(9-11-24)17-15-12-16(14-6-4-3-5-7-14)26-18(15)22-13-21-17/h3-7,12-13H,2,8-11H2,1H3,(H,20,25). The van der Waals surface area contributed by atoms with E-state index in [2.05, 4.69) is 38.4 Å². The van der Waals surface area contributed by atoms with Crippen molar-refractivity contribution >= 4 is 33.4 Å². The Morgan fingerprint density at radius 1 is 1.15 bits per heavy atom. The van der Waals surface area contributed by atoms with Crippen molar-refractivity contribution in [1.29, 1.82) is 0 Å². The Labute approximate surface area is 156 Å². The summed E-state index contributed by atoms with van der Waals surface area (Å²) in [6.45, 7) is 5.55. The van der Waals surface area contributed by atoms with Crippen LogP contribution < -0.4 is 10.2 Å². The molecule has 6 nitrogen and oxygen atoms in total. The van der Waals surface area contributed by atoms with Crippen LogP contribution in [-0.4, -0.2) is 53.6 Å². The van der Waals surface area contributed by atoms with Crippen molar-refractivity contribution in [3.8, 4) is 10.4 Å². The Morgan fingerprint density at radius 2 is 1.92 bits per heavy atom. The molecule has 0 radical (unpaired) electrons. The molecule has 0 bridgehead atoms. The summed E-state index contributed by atoms with van der Waals surface area (Å²) >= 11 is 1.69. The van der Waals surface area contributed by atoms with Gasteiger partial charge >= 0.3 is 6.03 Å². The van der Waals surface area contributed by atoms with E-state index in [1.165, 1.54) is 10.4 Å². The molecule has 3 heterocycles. The van der Waals surface area contributed by atoms with E-state index < -0.39 is 0 Å². The predicted molar refractivity (Wildman–Crippen MR) is 106 cm³/mol. The van der Waals surface area contributed by atoms with Crippen LogP contribution in [0, 0.1) is 0 Å². The Hall–Kier alpha value is -2.67. The highest BCUT2D eigenvalue weighted by Gasteiger charge is 2.23. The van der Waals surface area contributed by atoms with E-state index in [0.29, 0.717) is 19.6 Å². The normalized spacial score (nSPS) is 14.7. The molecule has 1 fully saturated rings. The minimum absolute atomic E-state index is 0.0156. The lowest BCUT2D eigenvalue weighted by atomic mass is 10.2. The van der Waals surface area contributed by atoms with Crippen molar-refractivity contribution < 1.29 is 4.79 Å². The number of hydrogen-bond acceptors (Lipinski definition) is 5. The average molecular weight is 367 g/mol. The first-order valence-corrected chi connectivity index (χ1v) is 9.65. The van der Waals surface area contributed by atoms with Crippen LogP contribution in [0.2, 0.25) is 0 Å². The lowest BCUT2D eigenvalue weighted by Crippen LogP contribution is -2.52. The van der Waals surface area contributed by atoms with Gasteiger partial charge in [0.05, 0.1) is 5.39 Å². The van der Waals surface area contributed by atoms with Crippen molar-refractivity contribution in [2.24, 2.45) is 0 Å². The van der Waals surface area contributed by atoms with Crippen LogP contribution in [0.25, 0.3) is 20.7 Å². The van der Waals surface area contributed by atoms with Gasteiger partial charge in [0.25, 0.3) is 0 Å². The zero-order chi connectivity index (χ0) is 17.9. The maximum Gasteiger partial charge on any atom is 0.317 e. The van der Waals surface area contributed by atoms with Gasteiger partial charge in [0.15, 0.2) is 0 Å². The highest BCUT2D eigenvalue weighted by molar-refractivity contribution is 7.21. The van der Waals surface area contributed by atoms with Crippen molar-refractivity contribution in [2.75, 3.05) is 37.6 Å². The van der Waals surface area contributed by atoms with Gasteiger partial charge in [-0.25, -0.2) is 14.8 Å². The quantitative estimate of drug-likeness (QED) is 0.772. The zero-order valence-electron chi connectivity index (χ0n) is 14.7. The van der Waals surface area contributed by atoms with Crippen LogP contribution in [0.4, 0.5) is 10.6 Å². The van der Waals surface area contributed by atoms with E-state index in [4.69, 9.17) is 0 Å². The molecule has 7 heteroatoms. The van der Waals surface area contributed by atoms with Gasteiger partial charge in [-0.1, -0.05) is 30.3 Å². The number of fused-ring (bicyclic) bond motifs is 1. The van der Waals surface area contributed by atoms with Gasteiger partial charge in [0.2, 0.25) is 0 Å². The van der Waals surface area contributed by atoms with Crippen LogP contribution >= 0.6 is 11.3 Å². The summed E-state index contributed by atoms with van der Waals surface area (Å²) in [5.74, 6) is 0.962. The molecule has 2 amide bonds. The number of anilines is 1. The summed E-state index contributed by atoms with van der Waals surface area (Å²) in [5.41, 5.74) is 1.20. The molecule has 1 saturated heterocycles. The SMILES string of the molecule is CCNC(=O)N1CCN(c2ncnc3sc(-c4ccccc4)cc23)CC1. The van der Waals surface area contributed by atoms with Gasteiger partial charge in [-0.15, -0.1) is 11.3 Å². The van der Waals surface area contributed by atoms with Crippen molar-refractivity contribution in [2.45, 2.75) is 6.92 Å². The van der Waals surface area contributed by atoms with Gasteiger partial charge in [0, 0.05) is 37.6 Å². The monoisotopic (exact) mass is 367 g/mol. The van der Waals surface area contributed by atoms with Crippen molar-refractivity contribution in [3.63, 3.8) is 0 Å². The van der Waals surface area contributed by atoms with E-state index in [0.717, 1.165) is 29.1 Å². The largest absolute Gasteiger partial charge is 0.352 e. The molecule has 1 N–H and O–H groups in total. The highest BCUT2D eigenvalue weighted by atomic mass is 32.1. The molecule has 26 heavy (non-hydrogen) atoms. The number of nitrogens with zero attached hydrogens (tertiary/aromatic N) is 4. The number of benzene rings is 1. The molecular weight excluding hydrogens is 346 g/mol. The molecule has 0 spiro atoms. The third-order valence-electron chi connectivity index (χ3n) is 4.56. The number of carbonyl (C=O) groups excluding carboxylic acids is 1. The second-order valence-electron chi connectivity index (χ2n) is 6.20. The maximum absolute atomic E-state index is 12.0. The van der Waals surface area contributed by atoms with E-state index in [1.807, 2.05) is 30.0 Å². The van der Waals surface area contributed by atoms with Gasteiger partial charge < -0.3 is 15.1 Å². The molecule has 1 aromatic carbocycles. The number of carbonyl (C=O) groups is 1. The number of urea groups is 1. The highest BCUT2D eigenvalue weighted by Crippen LogP contribution is 2.36. The summed E-state index contributed by atoms with van der Waals surface area (Å²) in [5, 5.41) is 3.95. The number of thiophene rings is 1. The van der Waals surface area contributed by atoms with E-state index in [9.17, 15) is 4.79 Å². The van der Waals surface area contributed by atoms with Crippen LogP contribution in [0.1, 0.15) is 6.92 Å². The van der Waals surface area contributed by atoms with E-state index in [-0.39, 0.29) is 6.03 Å². The summed E-state index contributed by atoms with van der Waals surface area (Å²) in [4.78, 5) is 27.3. The molecular formula is C19H21N5OS. The molecule has 0 unspecified atom stereocenters. The van der Waals surface area contributed by atoms with Gasteiger partial charge in [-0.3, -0.25) is 0 Å². The molecule has 0 saturated carbocycles. The fourth-order valence-corrected chi connectivity index (χ4v) is 4.22. The molecule has 0 atom stereocenters. The zero-order valence-corrected chi connectivity index (χ0v) is 15.5. The topological polar surface area (TPSA) is 61.4 Å². The molecule has 0 aliphatic carbocycles. The molecule has 3 aromatic rings. The molecule has 134 valence electrons. The van der Waals surface area contributed by atoms with Crippen molar-refractivity contribution in [3.05, 3.63) is 42.7 Å². The predicted octanol–water partition coefficient (Wildman–Crippen LogP) is 3.21. The summed E-state index contributed by atoms with van der Waals surface area (Å²) in [6.07, 6.45) is 1.64. The minimum atomic E-state index is 0.0156. The second kappa shape index (κ2) is 7.29. The molecule has 4 rings (SSSR count). The third-order valence-corrected chi connectivity index (χ3v) is 5.65. The minimum Gasteiger partial charge on any atom is -0.352 e. The number of amides is 2. The van der Waals surface area contributed by atoms with Crippen LogP contribution in [-0.2, 0) is 0 Å². The van der Waals surface area contributed by atoms with Gasteiger partial charge in [-0.05, 0) is 18.6 Å². The number of rotatable bonds is 3. The smallest absolute Gasteiger partial charge is 0.317 e. The number of nitrogens with one attached hydrogen (secondary N) is 1. The summed E-state index contributed by atoms with van der Waals surface area (Å²) in [7, 11) is 0. The Kier molecular flexibility index (Phi) is 4.71. The first-order chi connectivity index (χ1) is 12.8. The fourth-order valence-electron chi connectivity index (χ4n) is 3.22. The molecule has 1 aliphatic rings. The molecule has 2 aromatic heterocycles. The fraction of sp³-hybridized carbons (Fsp3) is 0.316. The Balaban J connectivity index is 1.58. The van der Waals surface area contributed by atoms with Crippen molar-refractivity contribution in [1.82, 2.24) is 20.2 Å². The number of hydrogen-bond donors (Lipinski definition) is 1. The average Bonchev–Trinajstić information content (AvgIpc) is 3.13. The summed E-state index contributed by atoms with van der Waals surface area (Å²) in [6, 6.07) is 12.5. The van der Waals surface area contributed by atoms with E-state index in [1.54, 1.807) is 17.7 Å². The lowest BCUT2D eigenvalue weighted by molar-refractivity contribution is 0.195. The van der Waals surface area contributed by atoms with Crippen LogP contribution in [0.5, 0.6) is 0 Å². The van der Waals surface area contributed by atoms with Crippen LogP contribution in [0.3, 0.4) is 0 Å². The van der Waals surface area contributed by atoms with Gasteiger partial charge in [-0.2, -0.15) is 0 Å². The molecule has 1 aliphatic heterocycles. The van der Waals surface area contributed by atoms with Crippen LogP contribution in [0.15, 0.2) is 42.7 Å². The maximum atomic E-state index is 12.0. The van der Waals surface area contributed by atoms with E-state index >= 15 is 0 Å². The van der Waals surface area contributed by atoms with Gasteiger partial charge in [0.1, 0.15) is 17.0 Å².